The van der Waals surface area contributed by atoms with Crippen LogP contribution in [0.2, 0.25) is 5.02 Å². The first-order chi connectivity index (χ1) is 9.06. The van der Waals surface area contributed by atoms with Crippen LogP contribution < -0.4 is 10.2 Å². The van der Waals surface area contributed by atoms with E-state index < -0.39 is 0 Å². The number of halogens is 1. The molecule has 7 nitrogen and oxygen atoms in total. The Morgan fingerprint density at radius 2 is 2.26 bits per heavy atom. The zero-order valence-electron chi connectivity index (χ0n) is 10.5. The second kappa shape index (κ2) is 5.66. The second-order valence-corrected chi connectivity index (χ2v) is 4.55. The third-order valence-corrected chi connectivity index (χ3v) is 2.65. The van der Waals surface area contributed by atoms with Crippen molar-refractivity contribution in [2.45, 2.75) is 6.54 Å². The first-order valence-electron chi connectivity index (χ1n) is 5.54. The van der Waals surface area contributed by atoms with Crippen LogP contribution in [0.1, 0.15) is 0 Å². The van der Waals surface area contributed by atoms with Crippen molar-refractivity contribution in [3.8, 4) is 0 Å². The fourth-order valence-electron chi connectivity index (χ4n) is 1.59. The lowest BCUT2D eigenvalue weighted by molar-refractivity contribution is -0.116. The van der Waals surface area contributed by atoms with Crippen LogP contribution in [0, 0.1) is 0 Å². The lowest BCUT2D eigenvalue weighted by Gasteiger charge is -2.18. The van der Waals surface area contributed by atoms with Crippen molar-refractivity contribution < 1.29 is 4.79 Å². The number of carbonyl (C=O) groups excluding carboxylic acids is 1. The number of anilines is 2. The van der Waals surface area contributed by atoms with Gasteiger partial charge in [0.15, 0.2) is 0 Å². The first-order valence-corrected chi connectivity index (χ1v) is 5.91. The SMILES string of the molecule is CN(C)c1ccc(Cl)cc1NC(=O)Cn1cnnn1. The maximum atomic E-state index is 11.9. The molecule has 0 bridgehead atoms. The molecule has 0 fully saturated rings. The summed E-state index contributed by atoms with van der Waals surface area (Å²) in [5, 5.41) is 13.9. The third kappa shape index (κ3) is 3.41. The van der Waals surface area contributed by atoms with E-state index in [1.165, 1.54) is 11.0 Å². The number of hydrogen-bond donors (Lipinski definition) is 1. The molecule has 0 unspecified atom stereocenters. The van der Waals surface area contributed by atoms with Gasteiger partial charge in [-0.2, -0.15) is 0 Å². The highest BCUT2D eigenvalue weighted by Gasteiger charge is 2.10. The lowest BCUT2D eigenvalue weighted by atomic mass is 10.2. The highest BCUT2D eigenvalue weighted by atomic mass is 35.5. The summed E-state index contributed by atoms with van der Waals surface area (Å²) in [4.78, 5) is 13.8. The van der Waals surface area contributed by atoms with Crippen LogP contribution >= 0.6 is 11.6 Å². The number of hydrogen-bond acceptors (Lipinski definition) is 5. The number of tetrazole rings is 1. The number of aromatic nitrogens is 4. The van der Waals surface area contributed by atoms with Gasteiger partial charge in [0.25, 0.3) is 0 Å². The average Bonchev–Trinajstić information content (AvgIpc) is 2.81. The van der Waals surface area contributed by atoms with E-state index in [4.69, 9.17) is 11.6 Å². The zero-order chi connectivity index (χ0) is 13.8. The van der Waals surface area contributed by atoms with Gasteiger partial charge >= 0.3 is 0 Å². The maximum absolute atomic E-state index is 11.9. The molecule has 1 heterocycles. The molecule has 0 aliphatic heterocycles. The lowest BCUT2D eigenvalue weighted by Crippen LogP contribution is -2.21. The summed E-state index contributed by atoms with van der Waals surface area (Å²) < 4.78 is 1.34. The Hall–Kier alpha value is -2.15. The Bertz CT molecular complexity index is 569. The maximum Gasteiger partial charge on any atom is 0.246 e. The Kier molecular flexibility index (Phi) is 3.96. The standard InChI is InChI=1S/C11H13ClN6O/c1-17(2)10-4-3-8(12)5-9(10)14-11(19)6-18-7-13-15-16-18/h3-5,7H,6H2,1-2H3,(H,14,19). The minimum atomic E-state index is -0.224. The molecule has 8 heteroatoms. The van der Waals surface area contributed by atoms with Gasteiger partial charge in [-0.15, -0.1) is 5.10 Å². The Morgan fingerprint density at radius 1 is 1.47 bits per heavy atom. The van der Waals surface area contributed by atoms with Gasteiger partial charge in [0.05, 0.1) is 11.4 Å². The van der Waals surface area contributed by atoms with E-state index in [-0.39, 0.29) is 12.5 Å². The van der Waals surface area contributed by atoms with Gasteiger partial charge in [-0.25, -0.2) is 4.68 Å². The summed E-state index contributed by atoms with van der Waals surface area (Å²) >= 11 is 5.94. The largest absolute Gasteiger partial charge is 0.376 e. The number of rotatable bonds is 4. The summed E-state index contributed by atoms with van der Waals surface area (Å²) in [6.07, 6.45) is 1.38. The Labute approximate surface area is 115 Å². The fourth-order valence-corrected chi connectivity index (χ4v) is 1.76. The van der Waals surface area contributed by atoms with E-state index in [2.05, 4.69) is 20.8 Å². The van der Waals surface area contributed by atoms with Crippen molar-refractivity contribution in [2.24, 2.45) is 0 Å². The van der Waals surface area contributed by atoms with Crippen LogP contribution in [0.4, 0.5) is 11.4 Å². The summed E-state index contributed by atoms with van der Waals surface area (Å²) in [7, 11) is 3.78. The number of benzene rings is 1. The molecular formula is C11H13ClN6O. The minimum Gasteiger partial charge on any atom is -0.376 e. The van der Waals surface area contributed by atoms with Gasteiger partial charge in [-0.1, -0.05) is 11.6 Å². The minimum absolute atomic E-state index is 0.0480. The monoisotopic (exact) mass is 280 g/mol. The van der Waals surface area contributed by atoms with Crippen molar-refractivity contribution in [1.29, 1.82) is 0 Å². The summed E-state index contributed by atoms with van der Waals surface area (Å²) in [6, 6.07) is 5.32. The van der Waals surface area contributed by atoms with Gasteiger partial charge < -0.3 is 10.2 Å². The molecule has 0 radical (unpaired) electrons. The molecule has 1 aromatic heterocycles. The molecule has 0 saturated carbocycles. The summed E-state index contributed by atoms with van der Waals surface area (Å²) in [6.45, 7) is 0.0480. The molecule has 100 valence electrons. The van der Waals surface area contributed by atoms with Gasteiger partial charge in [-0.05, 0) is 28.6 Å². The van der Waals surface area contributed by atoms with Crippen molar-refractivity contribution in [3.63, 3.8) is 0 Å². The van der Waals surface area contributed by atoms with Crippen LogP contribution in [0.5, 0.6) is 0 Å². The average molecular weight is 281 g/mol. The van der Waals surface area contributed by atoms with Crippen molar-refractivity contribution >= 4 is 28.9 Å². The molecule has 1 aromatic carbocycles. The molecule has 0 aliphatic rings. The van der Waals surface area contributed by atoms with Crippen LogP contribution in [-0.2, 0) is 11.3 Å². The Morgan fingerprint density at radius 3 is 2.89 bits per heavy atom. The van der Waals surface area contributed by atoms with E-state index >= 15 is 0 Å². The van der Waals surface area contributed by atoms with Crippen molar-refractivity contribution in [1.82, 2.24) is 20.2 Å². The van der Waals surface area contributed by atoms with Gasteiger partial charge in [-0.3, -0.25) is 4.79 Å². The van der Waals surface area contributed by atoms with Crippen molar-refractivity contribution in [2.75, 3.05) is 24.3 Å². The van der Waals surface area contributed by atoms with Gasteiger partial charge in [0, 0.05) is 19.1 Å². The molecule has 0 atom stereocenters. The van der Waals surface area contributed by atoms with Crippen LogP contribution in [-0.4, -0.2) is 40.2 Å². The molecule has 1 amide bonds. The number of amides is 1. The highest BCUT2D eigenvalue weighted by molar-refractivity contribution is 6.31. The fraction of sp³-hybridized carbons (Fsp3) is 0.273. The van der Waals surface area contributed by atoms with Crippen LogP contribution in [0.3, 0.4) is 0 Å². The quantitative estimate of drug-likeness (QED) is 0.905. The van der Waals surface area contributed by atoms with Crippen LogP contribution in [0.15, 0.2) is 24.5 Å². The molecule has 19 heavy (non-hydrogen) atoms. The zero-order valence-corrected chi connectivity index (χ0v) is 11.3. The topological polar surface area (TPSA) is 75.9 Å². The number of carbonyl (C=O) groups is 1. The third-order valence-electron chi connectivity index (χ3n) is 2.41. The molecule has 2 rings (SSSR count). The molecular weight excluding hydrogens is 268 g/mol. The predicted octanol–water partition coefficient (Wildman–Crippen LogP) is 1.03. The summed E-state index contributed by atoms with van der Waals surface area (Å²) in [5.41, 5.74) is 1.52. The molecule has 0 saturated heterocycles. The highest BCUT2D eigenvalue weighted by Crippen LogP contribution is 2.27. The first kappa shape index (κ1) is 13.3. The van der Waals surface area contributed by atoms with E-state index in [9.17, 15) is 4.79 Å². The number of nitrogens with zero attached hydrogens (tertiary/aromatic N) is 5. The summed E-state index contributed by atoms with van der Waals surface area (Å²) in [5.74, 6) is -0.224. The Balaban J connectivity index is 2.13. The van der Waals surface area contributed by atoms with E-state index in [1.807, 2.05) is 25.1 Å². The van der Waals surface area contributed by atoms with E-state index in [1.54, 1.807) is 12.1 Å². The number of nitrogens with one attached hydrogen (secondary N) is 1. The normalized spacial score (nSPS) is 10.3. The van der Waals surface area contributed by atoms with Crippen molar-refractivity contribution in [3.05, 3.63) is 29.5 Å². The van der Waals surface area contributed by atoms with E-state index in [0.717, 1.165) is 5.69 Å². The molecule has 2 aromatic rings. The molecule has 0 spiro atoms. The van der Waals surface area contributed by atoms with E-state index in [0.29, 0.717) is 10.7 Å². The molecule has 1 N–H and O–H groups in total. The van der Waals surface area contributed by atoms with Crippen LogP contribution in [0.25, 0.3) is 0 Å². The smallest absolute Gasteiger partial charge is 0.246 e. The molecule has 0 aliphatic carbocycles. The van der Waals surface area contributed by atoms with Gasteiger partial charge in [0.1, 0.15) is 12.9 Å². The van der Waals surface area contributed by atoms with Gasteiger partial charge in [0.2, 0.25) is 5.91 Å². The second-order valence-electron chi connectivity index (χ2n) is 4.11. The predicted molar refractivity (Wildman–Crippen MR) is 72.2 cm³/mol.